The van der Waals surface area contributed by atoms with Gasteiger partial charge in [-0.05, 0) is 48.5 Å². The van der Waals surface area contributed by atoms with Crippen LogP contribution in [0.4, 0.5) is 4.79 Å². The van der Waals surface area contributed by atoms with Crippen molar-refractivity contribution in [3.05, 3.63) is 0 Å². The van der Waals surface area contributed by atoms with Gasteiger partial charge >= 0.3 is 12.1 Å². The van der Waals surface area contributed by atoms with E-state index in [1.165, 1.54) is 4.90 Å². The Morgan fingerprint density at radius 1 is 1.14 bits per heavy atom. The second-order valence-corrected chi connectivity index (χ2v) is 7.65. The topological polar surface area (TPSA) is 76.1 Å². The van der Waals surface area contributed by atoms with Gasteiger partial charge < -0.3 is 14.6 Å². The number of nitrogens with zero attached hydrogens (tertiary/aromatic N) is 1. The summed E-state index contributed by atoms with van der Waals surface area (Å²) in [4.78, 5) is 25.1. The second kappa shape index (κ2) is 5.48. The molecular weight excluding hydrogens is 274 g/mol. The number of likely N-dealkylation sites (tertiary alicyclic amines) is 1. The molecule has 0 spiro atoms. The van der Waals surface area contributed by atoms with Gasteiger partial charge in [0.25, 0.3) is 0 Å². The standard InChI is InChI=1S/C15H27NO5/c1-10-15(19,8-11(17)20-13(2,3)4)9-16(10)12(18)21-14(5,6)7/h10,19H,8-9H2,1-7H3/t10-,15-/m0/s1. The molecule has 1 heterocycles. The Hall–Kier alpha value is -1.30. The summed E-state index contributed by atoms with van der Waals surface area (Å²) < 4.78 is 10.5. The molecule has 0 aromatic heterocycles. The van der Waals surface area contributed by atoms with E-state index in [0.717, 1.165) is 0 Å². The number of carbonyl (C=O) groups excluding carboxylic acids is 2. The third kappa shape index (κ3) is 4.88. The highest BCUT2D eigenvalue weighted by atomic mass is 16.6. The first-order chi connectivity index (χ1) is 9.23. The molecule has 0 unspecified atom stereocenters. The van der Waals surface area contributed by atoms with Gasteiger partial charge in [0.15, 0.2) is 0 Å². The molecule has 0 aromatic rings. The molecule has 0 saturated carbocycles. The Balaban J connectivity index is 2.57. The molecule has 6 nitrogen and oxygen atoms in total. The van der Waals surface area contributed by atoms with Crippen molar-refractivity contribution in [1.29, 1.82) is 0 Å². The molecule has 0 aliphatic carbocycles. The average molecular weight is 301 g/mol. The van der Waals surface area contributed by atoms with Gasteiger partial charge in [0.2, 0.25) is 0 Å². The van der Waals surface area contributed by atoms with Crippen LogP contribution >= 0.6 is 0 Å². The third-order valence-electron chi connectivity index (χ3n) is 3.19. The summed E-state index contributed by atoms with van der Waals surface area (Å²) in [5.41, 5.74) is -2.43. The highest BCUT2D eigenvalue weighted by Gasteiger charge is 2.53. The van der Waals surface area contributed by atoms with Crippen molar-refractivity contribution in [3.63, 3.8) is 0 Å². The highest BCUT2D eigenvalue weighted by molar-refractivity contribution is 5.74. The molecule has 1 fully saturated rings. The largest absolute Gasteiger partial charge is 0.460 e. The molecule has 0 bridgehead atoms. The van der Waals surface area contributed by atoms with E-state index in [9.17, 15) is 14.7 Å². The van der Waals surface area contributed by atoms with Crippen LogP contribution in [0, 0.1) is 0 Å². The minimum absolute atomic E-state index is 0.0717. The Morgan fingerprint density at radius 2 is 1.62 bits per heavy atom. The maximum absolute atomic E-state index is 11.9. The number of hydrogen-bond donors (Lipinski definition) is 1. The third-order valence-corrected chi connectivity index (χ3v) is 3.19. The zero-order valence-corrected chi connectivity index (χ0v) is 14.0. The molecule has 1 aliphatic heterocycles. The molecule has 2 atom stereocenters. The van der Waals surface area contributed by atoms with Crippen LogP contribution in [0.5, 0.6) is 0 Å². The maximum Gasteiger partial charge on any atom is 0.410 e. The number of β-amino-alcohol motifs (C(OH)–C–C–N with tert-alkyl or cyclic N) is 1. The second-order valence-electron chi connectivity index (χ2n) is 7.65. The van der Waals surface area contributed by atoms with Crippen LogP contribution in [0.2, 0.25) is 0 Å². The normalized spacial score (nSPS) is 26.1. The van der Waals surface area contributed by atoms with Crippen LogP contribution in [-0.4, -0.2) is 51.5 Å². The molecular formula is C15H27NO5. The minimum Gasteiger partial charge on any atom is -0.460 e. The van der Waals surface area contributed by atoms with E-state index in [4.69, 9.17) is 9.47 Å². The van der Waals surface area contributed by atoms with Crippen LogP contribution in [-0.2, 0) is 14.3 Å². The van der Waals surface area contributed by atoms with Crippen LogP contribution in [0.1, 0.15) is 54.9 Å². The van der Waals surface area contributed by atoms with Crippen molar-refractivity contribution in [2.45, 2.75) is 77.7 Å². The number of rotatable bonds is 2. The fourth-order valence-corrected chi connectivity index (χ4v) is 2.12. The molecule has 21 heavy (non-hydrogen) atoms. The number of hydrogen-bond acceptors (Lipinski definition) is 5. The van der Waals surface area contributed by atoms with Crippen molar-refractivity contribution in [3.8, 4) is 0 Å². The van der Waals surface area contributed by atoms with Crippen molar-refractivity contribution in [2.24, 2.45) is 0 Å². The van der Waals surface area contributed by atoms with Crippen LogP contribution in [0.3, 0.4) is 0 Å². The molecule has 6 heteroatoms. The van der Waals surface area contributed by atoms with Gasteiger partial charge in [-0.2, -0.15) is 0 Å². The summed E-state index contributed by atoms with van der Waals surface area (Å²) in [6, 6.07) is -0.486. The fraction of sp³-hybridized carbons (Fsp3) is 0.867. The first kappa shape index (κ1) is 17.8. The van der Waals surface area contributed by atoms with Gasteiger partial charge in [0, 0.05) is 0 Å². The maximum atomic E-state index is 11.9. The molecule has 122 valence electrons. The summed E-state index contributed by atoms with van der Waals surface area (Å²) in [5, 5.41) is 10.4. The zero-order valence-electron chi connectivity index (χ0n) is 14.0. The van der Waals surface area contributed by atoms with Gasteiger partial charge in [-0.25, -0.2) is 4.79 Å². The lowest BCUT2D eigenvalue weighted by atomic mass is 9.82. The lowest BCUT2D eigenvalue weighted by molar-refractivity contribution is -0.178. The van der Waals surface area contributed by atoms with E-state index in [-0.39, 0.29) is 13.0 Å². The highest BCUT2D eigenvalue weighted by Crippen LogP contribution is 2.34. The minimum atomic E-state index is -1.25. The Bertz CT molecular complexity index is 421. The van der Waals surface area contributed by atoms with Crippen molar-refractivity contribution >= 4 is 12.1 Å². The van der Waals surface area contributed by atoms with Crippen molar-refractivity contribution in [2.75, 3.05) is 6.54 Å². The van der Waals surface area contributed by atoms with Gasteiger partial charge in [-0.3, -0.25) is 9.69 Å². The molecule has 1 saturated heterocycles. The molecule has 1 amide bonds. The lowest BCUT2D eigenvalue weighted by Crippen LogP contribution is -2.71. The smallest absolute Gasteiger partial charge is 0.410 e. The first-order valence-corrected chi connectivity index (χ1v) is 7.17. The Kier molecular flexibility index (Phi) is 4.63. The van der Waals surface area contributed by atoms with Crippen LogP contribution < -0.4 is 0 Å². The van der Waals surface area contributed by atoms with E-state index < -0.39 is 34.9 Å². The summed E-state index contributed by atoms with van der Waals surface area (Å²) in [6.45, 7) is 12.4. The van der Waals surface area contributed by atoms with E-state index in [1.54, 1.807) is 48.5 Å². The molecule has 1 rings (SSSR count). The predicted molar refractivity (Wildman–Crippen MR) is 77.8 cm³/mol. The number of amides is 1. The van der Waals surface area contributed by atoms with Gasteiger partial charge in [-0.15, -0.1) is 0 Å². The van der Waals surface area contributed by atoms with E-state index in [2.05, 4.69) is 0 Å². The number of aliphatic hydroxyl groups is 1. The number of carbonyl (C=O) groups is 2. The number of esters is 1. The monoisotopic (exact) mass is 301 g/mol. The zero-order chi connectivity index (χ0) is 16.6. The van der Waals surface area contributed by atoms with E-state index >= 15 is 0 Å². The van der Waals surface area contributed by atoms with Gasteiger partial charge in [0.05, 0.1) is 19.0 Å². The first-order valence-electron chi connectivity index (χ1n) is 7.17. The molecule has 1 aliphatic rings. The predicted octanol–water partition coefficient (Wildman–Crippen LogP) is 2.09. The van der Waals surface area contributed by atoms with Crippen LogP contribution in [0.15, 0.2) is 0 Å². The lowest BCUT2D eigenvalue weighted by Gasteiger charge is -2.52. The number of ether oxygens (including phenoxy) is 2. The van der Waals surface area contributed by atoms with E-state index in [0.29, 0.717) is 0 Å². The van der Waals surface area contributed by atoms with E-state index in [1.807, 2.05) is 0 Å². The summed E-state index contributed by atoms with van der Waals surface area (Å²) in [6.07, 6.45) is -0.617. The van der Waals surface area contributed by atoms with Gasteiger partial charge in [0.1, 0.15) is 16.8 Å². The van der Waals surface area contributed by atoms with Crippen molar-refractivity contribution in [1.82, 2.24) is 4.90 Å². The Morgan fingerprint density at radius 3 is 2.00 bits per heavy atom. The Labute approximate surface area is 126 Å². The van der Waals surface area contributed by atoms with Gasteiger partial charge in [-0.1, -0.05) is 0 Å². The SMILES string of the molecule is C[C@@H]1N(C(=O)OC(C)(C)C)C[C@@]1(O)CC(=O)OC(C)(C)C. The fourth-order valence-electron chi connectivity index (χ4n) is 2.12. The molecule has 1 N–H and O–H groups in total. The summed E-state index contributed by atoms with van der Waals surface area (Å²) >= 11 is 0. The van der Waals surface area contributed by atoms with Crippen molar-refractivity contribution < 1.29 is 24.2 Å². The molecule has 0 aromatic carbocycles. The summed E-state index contributed by atoms with van der Waals surface area (Å²) in [7, 11) is 0. The average Bonchev–Trinajstić information content (AvgIpc) is 2.20. The quantitative estimate of drug-likeness (QED) is 0.790. The summed E-state index contributed by atoms with van der Waals surface area (Å²) in [5.74, 6) is -0.472. The van der Waals surface area contributed by atoms with Crippen LogP contribution in [0.25, 0.3) is 0 Å². The molecule has 0 radical (unpaired) electrons.